The highest BCUT2D eigenvalue weighted by molar-refractivity contribution is 5.97. The van der Waals surface area contributed by atoms with Crippen molar-refractivity contribution in [2.24, 2.45) is 5.73 Å². The van der Waals surface area contributed by atoms with Gasteiger partial charge in [-0.05, 0) is 29.8 Å². The molecule has 3 aromatic rings. The van der Waals surface area contributed by atoms with Gasteiger partial charge in [-0.25, -0.2) is 4.98 Å². The highest BCUT2D eigenvalue weighted by Crippen LogP contribution is 2.28. The van der Waals surface area contributed by atoms with Gasteiger partial charge in [0, 0.05) is 30.5 Å². The zero-order chi connectivity index (χ0) is 19.1. The molecule has 0 saturated carbocycles. The first-order chi connectivity index (χ1) is 13.2. The Morgan fingerprint density at radius 2 is 1.78 bits per heavy atom. The summed E-state index contributed by atoms with van der Waals surface area (Å²) in [6.07, 6.45) is 3.43. The maximum Gasteiger partial charge on any atom is 0.267 e. The molecule has 0 aliphatic heterocycles. The Morgan fingerprint density at radius 3 is 2.52 bits per heavy atom. The third-order valence-electron chi connectivity index (χ3n) is 3.94. The van der Waals surface area contributed by atoms with E-state index >= 15 is 0 Å². The molecule has 7 heteroatoms. The van der Waals surface area contributed by atoms with Crippen molar-refractivity contribution in [3.8, 4) is 16.9 Å². The second kappa shape index (κ2) is 9.07. The van der Waals surface area contributed by atoms with Crippen LogP contribution in [-0.2, 0) is 9.47 Å². The van der Waals surface area contributed by atoms with Crippen LogP contribution in [0.1, 0.15) is 10.5 Å². The zero-order valence-corrected chi connectivity index (χ0v) is 15.1. The van der Waals surface area contributed by atoms with Crippen LogP contribution in [-0.4, -0.2) is 49.4 Å². The summed E-state index contributed by atoms with van der Waals surface area (Å²) >= 11 is 0. The number of carbonyl (C=O) groups is 1. The number of rotatable bonds is 9. The summed E-state index contributed by atoms with van der Waals surface area (Å²) in [5.74, 6) is 0.184. The lowest BCUT2D eigenvalue weighted by atomic mass is 10.0. The van der Waals surface area contributed by atoms with Crippen molar-refractivity contribution in [1.29, 1.82) is 0 Å². The quantitative estimate of drug-likeness (QED) is 0.584. The number of nitrogens with two attached hydrogens (primary N) is 1. The van der Waals surface area contributed by atoms with Gasteiger partial charge in [-0.3, -0.25) is 9.78 Å². The topological polar surface area (TPSA) is 96.6 Å². The molecule has 0 unspecified atom stereocenters. The number of primary amides is 1. The molecule has 2 N–H and O–H groups in total. The molecule has 2 aromatic heterocycles. The van der Waals surface area contributed by atoms with Gasteiger partial charge in [0.1, 0.15) is 18.1 Å². The van der Waals surface area contributed by atoms with Crippen molar-refractivity contribution in [2.45, 2.75) is 0 Å². The molecule has 27 heavy (non-hydrogen) atoms. The standard InChI is InChI=1S/C20H21N3O4/c1-25-8-9-26-10-11-27-16-5-2-14(3-6-16)17-13-22-12-15-4-7-18(20(21)24)23-19(15)17/h2-7,12-13H,8-11H2,1H3,(H2,21,24). The van der Waals surface area contributed by atoms with Gasteiger partial charge in [-0.1, -0.05) is 12.1 Å². The van der Waals surface area contributed by atoms with E-state index in [4.69, 9.17) is 19.9 Å². The number of amides is 1. The lowest BCUT2D eigenvalue weighted by Crippen LogP contribution is -2.12. The summed E-state index contributed by atoms with van der Waals surface area (Å²) in [7, 11) is 1.64. The van der Waals surface area contributed by atoms with E-state index in [9.17, 15) is 4.79 Å². The molecule has 140 valence electrons. The molecule has 0 spiro atoms. The Balaban J connectivity index is 1.73. The van der Waals surface area contributed by atoms with E-state index < -0.39 is 5.91 Å². The normalized spacial score (nSPS) is 10.9. The fourth-order valence-electron chi connectivity index (χ4n) is 2.59. The van der Waals surface area contributed by atoms with Gasteiger partial charge in [0.05, 0.1) is 25.3 Å². The van der Waals surface area contributed by atoms with Gasteiger partial charge in [-0.2, -0.15) is 0 Å². The van der Waals surface area contributed by atoms with Gasteiger partial charge in [-0.15, -0.1) is 0 Å². The average Bonchev–Trinajstić information content (AvgIpc) is 2.70. The van der Waals surface area contributed by atoms with Gasteiger partial charge in [0.15, 0.2) is 0 Å². The molecule has 0 fully saturated rings. The zero-order valence-electron chi connectivity index (χ0n) is 15.1. The fraction of sp³-hybridized carbons (Fsp3) is 0.250. The molecule has 0 aliphatic carbocycles. The third-order valence-corrected chi connectivity index (χ3v) is 3.94. The maximum atomic E-state index is 11.4. The number of methoxy groups -OCH3 is 1. The summed E-state index contributed by atoms with van der Waals surface area (Å²) in [5.41, 5.74) is 8.00. The Hall–Kier alpha value is -3.03. The van der Waals surface area contributed by atoms with Gasteiger partial charge in [0.2, 0.25) is 0 Å². The second-order valence-electron chi connectivity index (χ2n) is 5.80. The monoisotopic (exact) mass is 367 g/mol. The van der Waals surface area contributed by atoms with Crippen molar-refractivity contribution in [2.75, 3.05) is 33.5 Å². The van der Waals surface area contributed by atoms with E-state index in [1.165, 1.54) is 0 Å². The molecule has 3 rings (SSSR count). The number of nitrogens with zero attached hydrogens (tertiary/aromatic N) is 2. The maximum absolute atomic E-state index is 11.4. The van der Waals surface area contributed by atoms with Crippen molar-refractivity contribution in [1.82, 2.24) is 9.97 Å². The molecule has 0 saturated heterocycles. The van der Waals surface area contributed by atoms with E-state index in [0.29, 0.717) is 31.9 Å². The van der Waals surface area contributed by atoms with Crippen LogP contribution < -0.4 is 10.5 Å². The molecule has 0 atom stereocenters. The fourth-order valence-corrected chi connectivity index (χ4v) is 2.59. The Kier molecular flexibility index (Phi) is 6.30. The number of pyridine rings is 2. The second-order valence-corrected chi connectivity index (χ2v) is 5.80. The lowest BCUT2D eigenvalue weighted by molar-refractivity contribution is 0.0544. The average molecular weight is 367 g/mol. The minimum Gasteiger partial charge on any atom is -0.491 e. The molecule has 7 nitrogen and oxygen atoms in total. The first-order valence-corrected chi connectivity index (χ1v) is 8.53. The van der Waals surface area contributed by atoms with Crippen LogP contribution >= 0.6 is 0 Å². The van der Waals surface area contributed by atoms with Crippen LogP contribution in [0.2, 0.25) is 0 Å². The first kappa shape index (κ1) is 18.8. The number of aromatic nitrogens is 2. The van der Waals surface area contributed by atoms with Crippen LogP contribution in [0.5, 0.6) is 5.75 Å². The summed E-state index contributed by atoms with van der Waals surface area (Å²) < 4.78 is 15.9. The lowest BCUT2D eigenvalue weighted by Gasteiger charge is -2.09. The minimum atomic E-state index is -0.559. The molecule has 2 heterocycles. The number of carbonyl (C=O) groups excluding carboxylic acids is 1. The molecule has 0 aliphatic rings. The van der Waals surface area contributed by atoms with Crippen LogP contribution in [0.3, 0.4) is 0 Å². The van der Waals surface area contributed by atoms with E-state index in [0.717, 1.165) is 22.3 Å². The van der Waals surface area contributed by atoms with Crippen LogP contribution in [0, 0.1) is 0 Å². The van der Waals surface area contributed by atoms with Gasteiger partial charge in [0.25, 0.3) is 5.91 Å². The van der Waals surface area contributed by atoms with E-state index in [-0.39, 0.29) is 5.69 Å². The van der Waals surface area contributed by atoms with Crippen LogP contribution in [0.4, 0.5) is 0 Å². The van der Waals surface area contributed by atoms with E-state index in [1.54, 1.807) is 31.6 Å². The number of benzene rings is 1. The largest absolute Gasteiger partial charge is 0.491 e. The van der Waals surface area contributed by atoms with Crippen molar-refractivity contribution < 1.29 is 19.0 Å². The summed E-state index contributed by atoms with van der Waals surface area (Å²) in [5, 5.41) is 0.839. The van der Waals surface area contributed by atoms with E-state index in [1.807, 2.05) is 24.3 Å². The molecule has 0 bridgehead atoms. The number of hydrogen-bond donors (Lipinski definition) is 1. The van der Waals surface area contributed by atoms with Crippen molar-refractivity contribution in [3.63, 3.8) is 0 Å². The molecule has 0 radical (unpaired) electrons. The highest BCUT2D eigenvalue weighted by Gasteiger charge is 2.09. The van der Waals surface area contributed by atoms with E-state index in [2.05, 4.69) is 9.97 Å². The predicted octanol–water partition coefficient (Wildman–Crippen LogP) is 2.44. The molecule has 1 amide bonds. The highest BCUT2D eigenvalue weighted by atomic mass is 16.5. The predicted molar refractivity (Wildman–Crippen MR) is 102 cm³/mol. The summed E-state index contributed by atoms with van der Waals surface area (Å²) in [6, 6.07) is 11.0. The van der Waals surface area contributed by atoms with Crippen molar-refractivity contribution >= 4 is 16.8 Å². The molecular weight excluding hydrogens is 346 g/mol. The Morgan fingerprint density at radius 1 is 1.00 bits per heavy atom. The first-order valence-electron chi connectivity index (χ1n) is 8.53. The minimum absolute atomic E-state index is 0.225. The number of ether oxygens (including phenoxy) is 3. The number of fused-ring (bicyclic) bond motifs is 1. The Labute approximate surface area is 157 Å². The molecule has 1 aromatic carbocycles. The SMILES string of the molecule is COCCOCCOc1ccc(-c2cncc3ccc(C(N)=O)nc23)cc1. The van der Waals surface area contributed by atoms with Gasteiger partial charge >= 0.3 is 0 Å². The molecular formula is C20H21N3O4. The number of hydrogen-bond acceptors (Lipinski definition) is 6. The third kappa shape index (κ3) is 4.78. The van der Waals surface area contributed by atoms with Gasteiger partial charge < -0.3 is 19.9 Å². The Bertz CT molecular complexity index is 913. The van der Waals surface area contributed by atoms with Crippen LogP contribution in [0.15, 0.2) is 48.8 Å². The van der Waals surface area contributed by atoms with Crippen LogP contribution in [0.25, 0.3) is 22.0 Å². The smallest absolute Gasteiger partial charge is 0.267 e. The summed E-state index contributed by atoms with van der Waals surface area (Å²) in [4.78, 5) is 20.1. The summed E-state index contributed by atoms with van der Waals surface area (Å²) in [6.45, 7) is 2.08. The van der Waals surface area contributed by atoms with Crippen molar-refractivity contribution in [3.05, 3.63) is 54.5 Å².